The van der Waals surface area contributed by atoms with Gasteiger partial charge in [-0.2, -0.15) is 5.10 Å². The summed E-state index contributed by atoms with van der Waals surface area (Å²) >= 11 is 0. The minimum atomic E-state index is -0.519. The quantitative estimate of drug-likeness (QED) is 0.930. The number of fused-ring (bicyclic) bond motifs is 1. The molecule has 0 radical (unpaired) electrons. The molecule has 3 rings (SSSR count). The number of aliphatic hydroxyl groups excluding tert-OH is 1. The standard InChI is InChI=1S/C16H20N2O2/c1-2-7-18-10-14(9-17-18)16(19)13-8-12-5-3-4-6-15(12)20-11-13/h3-6,9-10,13,16,19H,2,7-8,11H2,1H3. The van der Waals surface area contributed by atoms with Crippen molar-refractivity contribution in [2.24, 2.45) is 5.92 Å². The number of para-hydroxylation sites is 1. The van der Waals surface area contributed by atoms with Gasteiger partial charge in [-0.15, -0.1) is 0 Å². The van der Waals surface area contributed by atoms with E-state index in [0.717, 1.165) is 30.7 Å². The molecule has 2 heterocycles. The molecule has 0 aliphatic carbocycles. The summed E-state index contributed by atoms with van der Waals surface area (Å²) in [6.45, 7) is 3.55. The molecule has 1 aliphatic rings. The Labute approximate surface area is 119 Å². The van der Waals surface area contributed by atoms with Crippen LogP contribution in [0.3, 0.4) is 0 Å². The number of nitrogens with zero attached hydrogens (tertiary/aromatic N) is 2. The van der Waals surface area contributed by atoms with Crippen molar-refractivity contribution in [3.63, 3.8) is 0 Å². The van der Waals surface area contributed by atoms with Crippen molar-refractivity contribution in [1.29, 1.82) is 0 Å². The first-order valence-electron chi connectivity index (χ1n) is 7.19. The molecule has 1 N–H and O–H groups in total. The maximum atomic E-state index is 10.5. The maximum absolute atomic E-state index is 10.5. The number of benzene rings is 1. The van der Waals surface area contributed by atoms with Crippen LogP contribution in [0.4, 0.5) is 0 Å². The van der Waals surface area contributed by atoms with E-state index in [1.165, 1.54) is 5.56 Å². The molecule has 0 saturated carbocycles. The molecule has 106 valence electrons. The van der Waals surface area contributed by atoms with Crippen molar-refractivity contribution in [2.45, 2.75) is 32.4 Å². The van der Waals surface area contributed by atoms with E-state index in [-0.39, 0.29) is 5.92 Å². The Kier molecular flexibility index (Phi) is 3.74. The van der Waals surface area contributed by atoms with Crippen LogP contribution >= 0.6 is 0 Å². The summed E-state index contributed by atoms with van der Waals surface area (Å²) in [6.07, 6.45) is 5.07. The van der Waals surface area contributed by atoms with E-state index in [0.29, 0.717) is 6.61 Å². The summed E-state index contributed by atoms with van der Waals surface area (Å²) in [5.74, 6) is 1.03. The van der Waals surface area contributed by atoms with Crippen LogP contribution in [0, 0.1) is 5.92 Å². The zero-order valence-electron chi connectivity index (χ0n) is 11.7. The molecule has 4 nitrogen and oxygen atoms in total. The van der Waals surface area contributed by atoms with Gasteiger partial charge in [0.1, 0.15) is 5.75 Å². The molecule has 2 aromatic rings. The lowest BCUT2D eigenvalue weighted by Crippen LogP contribution is -2.26. The first-order chi connectivity index (χ1) is 9.78. The van der Waals surface area contributed by atoms with Gasteiger partial charge < -0.3 is 9.84 Å². The lowest BCUT2D eigenvalue weighted by molar-refractivity contribution is 0.0644. The largest absolute Gasteiger partial charge is 0.493 e. The minimum absolute atomic E-state index is 0.0872. The van der Waals surface area contributed by atoms with Crippen molar-refractivity contribution < 1.29 is 9.84 Å². The molecule has 0 fully saturated rings. The number of rotatable bonds is 4. The Balaban J connectivity index is 1.73. The van der Waals surface area contributed by atoms with E-state index in [9.17, 15) is 5.11 Å². The Bertz CT molecular complexity index is 579. The number of ether oxygens (including phenoxy) is 1. The van der Waals surface area contributed by atoms with Gasteiger partial charge in [0, 0.05) is 24.2 Å². The Morgan fingerprint density at radius 2 is 2.30 bits per heavy atom. The summed E-state index contributed by atoms with van der Waals surface area (Å²) in [7, 11) is 0. The normalized spacial score (nSPS) is 19.2. The van der Waals surface area contributed by atoms with Crippen molar-refractivity contribution in [1.82, 2.24) is 9.78 Å². The SMILES string of the molecule is CCCn1cc(C(O)C2COc3ccccc3C2)cn1. The summed E-state index contributed by atoms with van der Waals surface area (Å²) < 4.78 is 7.63. The van der Waals surface area contributed by atoms with Crippen molar-refractivity contribution in [3.05, 3.63) is 47.8 Å². The van der Waals surface area contributed by atoms with Gasteiger partial charge in [0.2, 0.25) is 0 Å². The second kappa shape index (κ2) is 5.67. The van der Waals surface area contributed by atoms with Gasteiger partial charge in [-0.25, -0.2) is 0 Å². The molecule has 2 atom stereocenters. The maximum Gasteiger partial charge on any atom is 0.122 e. The average Bonchev–Trinajstić information content (AvgIpc) is 2.95. The fourth-order valence-corrected chi connectivity index (χ4v) is 2.71. The highest BCUT2D eigenvalue weighted by Gasteiger charge is 2.27. The summed E-state index contributed by atoms with van der Waals surface area (Å²) in [6, 6.07) is 8.03. The fourth-order valence-electron chi connectivity index (χ4n) is 2.71. The number of aromatic nitrogens is 2. The van der Waals surface area contributed by atoms with E-state index in [4.69, 9.17) is 4.74 Å². The second-order valence-electron chi connectivity index (χ2n) is 5.36. The van der Waals surface area contributed by atoms with E-state index < -0.39 is 6.10 Å². The molecule has 20 heavy (non-hydrogen) atoms. The van der Waals surface area contributed by atoms with Gasteiger partial charge in [0.05, 0.1) is 18.9 Å². The fraction of sp³-hybridized carbons (Fsp3) is 0.438. The summed E-state index contributed by atoms with van der Waals surface area (Å²) in [5, 5.41) is 14.8. The van der Waals surface area contributed by atoms with E-state index >= 15 is 0 Å². The highest BCUT2D eigenvalue weighted by molar-refractivity contribution is 5.35. The van der Waals surface area contributed by atoms with Gasteiger partial charge in [0.15, 0.2) is 0 Å². The molecule has 0 amide bonds. The van der Waals surface area contributed by atoms with Crippen LogP contribution in [0.15, 0.2) is 36.7 Å². The van der Waals surface area contributed by atoms with Gasteiger partial charge in [-0.1, -0.05) is 25.1 Å². The monoisotopic (exact) mass is 272 g/mol. The number of aryl methyl sites for hydroxylation is 1. The molecule has 2 unspecified atom stereocenters. The van der Waals surface area contributed by atoms with Gasteiger partial charge in [-0.05, 0) is 24.5 Å². The summed E-state index contributed by atoms with van der Waals surface area (Å²) in [5.41, 5.74) is 2.05. The zero-order chi connectivity index (χ0) is 13.9. The molecule has 0 saturated heterocycles. The third-order valence-corrected chi connectivity index (χ3v) is 3.80. The van der Waals surface area contributed by atoms with Gasteiger partial charge in [0.25, 0.3) is 0 Å². The Morgan fingerprint density at radius 1 is 1.45 bits per heavy atom. The number of aliphatic hydroxyl groups is 1. The third kappa shape index (κ3) is 2.56. The number of hydrogen-bond donors (Lipinski definition) is 1. The van der Waals surface area contributed by atoms with Crippen LogP contribution < -0.4 is 4.74 Å². The lowest BCUT2D eigenvalue weighted by Gasteiger charge is -2.28. The predicted octanol–water partition coefficient (Wildman–Crippen LogP) is 2.58. The highest BCUT2D eigenvalue weighted by Crippen LogP contribution is 2.33. The minimum Gasteiger partial charge on any atom is -0.493 e. The first kappa shape index (κ1) is 13.2. The smallest absolute Gasteiger partial charge is 0.122 e. The van der Waals surface area contributed by atoms with Crippen molar-refractivity contribution in [3.8, 4) is 5.75 Å². The lowest BCUT2D eigenvalue weighted by atomic mass is 9.89. The zero-order valence-corrected chi connectivity index (χ0v) is 11.7. The molecular weight excluding hydrogens is 252 g/mol. The van der Waals surface area contributed by atoms with E-state index in [1.807, 2.05) is 29.1 Å². The van der Waals surface area contributed by atoms with Crippen LogP contribution in [-0.2, 0) is 13.0 Å². The second-order valence-corrected chi connectivity index (χ2v) is 5.36. The van der Waals surface area contributed by atoms with Crippen LogP contribution in [0.1, 0.15) is 30.6 Å². The third-order valence-electron chi connectivity index (χ3n) is 3.80. The molecule has 4 heteroatoms. The molecular formula is C16H20N2O2. The molecule has 0 bridgehead atoms. The van der Waals surface area contributed by atoms with Crippen LogP contribution in [-0.4, -0.2) is 21.5 Å². The predicted molar refractivity (Wildman–Crippen MR) is 76.6 cm³/mol. The first-order valence-corrected chi connectivity index (χ1v) is 7.19. The van der Waals surface area contributed by atoms with Crippen molar-refractivity contribution in [2.75, 3.05) is 6.61 Å². The van der Waals surface area contributed by atoms with Crippen molar-refractivity contribution >= 4 is 0 Å². The van der Waals surface area contributed by atoms with Gasteiger partial charge in [-0.3, -0.25) is 4.68 Å². The summed E-state index contributed by atoms with van der Waals surface area (Å²) in [4.78, 5) is 0. The molecule has 1 aliphatic heterocycles. The Hall–Kier alpha value is -1.81. The molecule has 0 spiro atoms. The van der Waals surface area contributed by atoms with Crippen LogP contribution in [0.2, 0.25) is 0 Å². The van der Waals surface area contributed by atoms with E-state index in [2.05, 4.69) is 18.1 Å². The van der Waals surface area contributed by atoms with Crippen LogP contribution in [0.25, 0.3) is 0 Å². The Morgan fingerprint density at radius 3 is 3.15 bits per heavy atom. The molecule has 1 aromatic carbocycles. The highest BCUT2D eigenvalue weighted by atomic mass is 16.5. The molecule has 1 aromatic heterocycles. The van der Waals surface area contributed by atoms with Gasteiger partial charge >= 0.3 is 0 Å². The van der Waals surface area contributed by atoms with E-state index in [1.54, 1.807) is 6.20 Å². The number of hydrogen-bond acceptors (Lipinski definition) is 3. The topological polar surface area (TPSA) is 47.3 Å². The van der Waals surface area contributed by atoms with Crippen LogP contribution in [0.5, 0.6) is 5.75 Å². The average molecular weight is 272 g/mol.